The number of carboxylic acid groups (broad SMARTS) is 1. The molecule has 0 aromatic carbocycles. The Labute approximate surface area is 120 Å². The maximum atomic E-state index is 12.4. The van der Waals surface area contributed by atoms with Gasteiger partial charge in [0.2, 0.25) is 5.91 Å². The Morgan fingerprint density at radius 1 is 1.10 bits per heavy atom. The highest BCUT2D eigenvalue weighted by Crippen LogP contribution is 2.40. The Morgan fingerprint density at radius 3 is 2.20 bits per heavy atom. The zero-order valence-electron chi connectivity index (χ0n) is 12.0. The van der Waals surface area contributed by atoms with Gasteiger partial charge in [-0.05, 0) is 31.6 Å². The molecule has 1 aliphatic carbocycles. The molecule has 0 atom stereocenters. The lowest BCUT2D eigenvalue weighted by Gasteiger charge is -2.36. The fourth-order valence-corrected chi connectivity index (χ4v) is 3.46. The van der Waals surface area contributed by atoms with E-state index in [4.69, 9.17) is 5.11 Å². The number of rotatable bonds is 4. The highest BCUT2D eigenvalue weighted by atomic mass is 16.4. The molecule has 1 aliphatic heterocycles. The molecular formula is C15H25NO4. The van der Waals surface area contributed by atoms with Crippen molar-refractivity contribution in [3.05, 3.63) is 0 Å². The summed E-state index contributed by atoms with van der Waals surface area (Å²) >= 11 is 0. The quantitative estimate of drug-likeness (QED) is 0.822. The van der Waals surface area contributed by atoms with Crippen LogP contribution in [0.1, 0.15) is 51.4 Å². The van der Waals surface area contributed by atoms with E-state index in [1.807, 2.05) is 0 Å². The van der Waals surface area contributed by atoms with Gasteiger partial charge in [-0.25, -0.2) is 0 Å². The van der Waals surface area contributed by atoms with Crippen LogP contribution in [0.3, 0.4) is 0 Å². The van der Waals surface area contributed by atoms with Crippen molar-refractivity contribution in [2.75, 3.05) is 19.7 Å². The van der Waals surface area contributed by atoms with Crippen LogP contribution in [0.5, 0.6) is 0 Å². The lowest BCUT2D eigenvalue weighted by molar-refractivity contribution is -0.156. The highest BCUT2D eigenvalue weighted by Gasteiger charge is 2.42. The first-order valence-electron chi connectivity index (χ1n) is 7.69. The number of piperidine rings is 1. The average molecular weight is 283 g/mol. The van der Waals surface area contributed by atoms with E-state index in [9.17, 15) is 14.7 Å². The van der Waals surface area contributed by atoms with Gasteiger partial charge in [-0.2, -0.15) is 0 Å². The number of likely N-dealkylation sites (tertiary alicyclic amines) is 1. The van der Waals surface area contributed by atoms with Gasteiger partial charge in [-0.3, -0.25) is 9.59 Å². The molecule has 0 aromatic heterocycles. The maximum absolute atomic E-state index is 12.4. The van der Waals surface area contributed by atoms with Gasteiger partial charge in [-0.15, -0.1) is 0 Å². The van der Waals surface area contributed by atoms with Gasteiger partial charge in [0.05, 0.1) is 5.41 Å². The lowest BCUT2D eigenvalue weighted by atomic mass is 9.71. The Hall–Kier alpha value is -1.10. The Kier molecular flexibility index (Phi) is 5.02. The van der Waals surface area contributed by atoms with E-state index < -0.39 is 11.4 Å². The highest BCUT2D eigenvalue weighted by molar-refractivity contribution is 5.85. The SMILES string of the molecule is O=C(CC1(C(=O)O)CCCCC1)N1CCC(CO)CC1. The fraction of sp³-hybridized carbons (Fsp3) is 0.867. The minimum atomic E-state index is -0.830. The summed E-state index contributed by atoms with van der Waals surface area (Å²) in [6, 6.07) is 0. The van der Waals surface area contributed by atoms with Gasteiger partial charge in [0, 0.05) is 26.1 Å². The zero-order valence-corrected chi connectivity index (χ0v) is 12.0. The zero-order chi connectivity index (χ0) is 14.6. The summed E-state index contributed by atoms with van der Waals surface area (Å²) in [6.45, 7) is 1.49. The minimum absolute atomic E-state index is 0.0225. The molecule has 2 rings (SSSR count). The summed E-state index contributed by atoms with van der Waals surface area (Å²) in [4.78, 5) is 25.7. The van der Waals surface area contributed by atoms with Crippen LogP contribution in [0.2, 0.25) is 0 Å². The molecule has 1 saturated heterocycles. The Morgan fingerprint density at radius 2 is 1.70 bits per heavy atom. The fourth-order valence-electron chi connectivity index (χ4n) is 3.46. The van der Waals surface area contributed by atoms with Crippen molar-refractivity contribution in [1.82, 2.24) is 4.90 Å². The molecular weight excluding hydrogens is 258 g/mol. The second kappa shape index (κ2) is 6.57. The smallest absolute Gasteiger partial charge is 0.310 e. The topological polar surface area (TPSA) is 77.8 Å². The number of hydrogen-bond donors (Lipinski definition) is 2. The molecule has 1 saturated carbocycles. The van der Waals surface area contributed by atoms with E-state index >= 15 is 0 Å². The first kappa shape index (κ1) is 15.3. The van der Waals surface area contributed by atoms with Gasteiger partial charge in [0.1, 0.15) is 0 Å². The largest absolute Gasteiger partial charge is 0.481 e. The van der Waals surface area contributed by atoms with Crippen LogP contribution in [0, 0.1) is 11.3 Å². The molecule has 0 unspecified atom stereocenters. The molecule has 2 aliphatic rings. The number of carbonyl (C=O) groups is 2. The van der Waals surface area contributed by atoms with Crippen molar-refractivity contribution in [2.45, 2.75) is 51.4 Å². The van der Waals surface area contributed by atoms with E-state index in [1.54, 1.807) is 4.90 Å². The molecule has 0 aromatic rings. The number of hydrogen-bond acceptors (Lipinski definition) is 3. The van der Waals surface area contributed by atoms with Gasteiger partial charge in [0.15, 0.2) is 0 Å². The van der Waals surface area contributed by atoms with Crippen molar-refractivity contribution in [3.63, 3.8) is 0 Å². The summed E-state index contributed by atoms with van der Waals surface area (Å²) in [6.07, 6.45) is 5.93. The van der Waals surface area contributed by atoms with Gasteiger partial charge >= 0.3 is 5.97 Å². The van der Waals surface area contributed by atoms with E-state index in [0.717, 1.165) is 32.1 Å². The van der Waals surface area contributed by atoms with Gasteiger partial charge in [0.25, 0.3) is 0 Å². The summed E-state index contributed by atoms with van der Waals surface area (Å²) in [5.41, 5.74) is -0.830. The van der Waals surface area contributed by atoms with Crippen molar-refractivity contribution in [3.8, 4) is 0 Å². The predicted octanol–water partition coefficient (Wildman–Crippen LogP) is 1.64. The third-order valence-corrected chi connectivity index (χ3v) is 4.98. The van der Waals surface area contributed by atoms with E-state index in [-0.39, 0.29) is 18.9 Å². The third-order valence-electron chi connectivity index (χ3n) is 4.98. The summed E-state index contributed by atoms with van der Waals surface area (Å²) in [5, 5.41) is 18.6. The Balaban J connectivity index is 1.94. The molecule has 5 nitrogen and oxygen atoms in total. The van der Waals surface area contributed by atoms with Crippen LogP contribution < -0.4 is 0 Å². The number of carbonyl (C=O) groups excluding carboxylic acids is 1. The summed E-state index contributed by atoms with van der Waals surface area (Å²) in [7, 11) is 0. The van der Waals surface area contributed by atoms with Gasteiger partial charge in [-0.1, -0.05) is 19.3 Å². The number of aliphatic carboxylic acids is 1. The normalized spacial score (nSPS) is 23.6. The predicted molar refractivity (Wildman–Crippen MR) is 74.2 cm³/mol. The van der Waals surface area contributed by atoms with Crippen LogP contribution in [0.25, 0.3) is 0 Å². The first-order chi connectivity index (χ1) is 9.57. The summed E-state index contributed by atoms with van der Waals surface area (Å²) in [5.74, 6) is -0.538. The molecule has 1 amide bonds. The monoisotopic (exact) mass is 283 g/mol. The number of aliphatic hydroxyl groups excluding tert-OH is 1. The molecule has 114 valence electrons. The number of amides is 1. The van der Waals surface area contributed by atoms with Crippen LogP contribution >= 0.6 is 0 Å². The lowest BCUT2D eigenvalue weighted by Crippen LogP contribution is -2.44. The van der Waals surface area contributed by atoms with Crippen molar-refractivity contribution >= 4 is 11.9 Å². The Bertz CT molecular complexity index is 355. The average Bonchev–Trinajstić information content (AvgIpc) is 2.48. The minimum Gasteiger partial charge on any atom is -0.481 e. The molecule has 20 heavy (non-hydrogen) atoms. The van der Waals surface area contributed by atoms with E-state index in [0.29, 0.717) is 31.8 Å². The molecule has 2 N–H and O–H groups in total. The second-order valence-electron chi connectivity index (χ2n) is 6.33. The standard InChI is InChI=1S/C15H25NO4/c17-11-12-4-8-16(9-5-12)13(18)10-15(14(19)20)6-2-1-3-7-15/h12,17H,1-11H2,(H,19,20). The summed E-state index contributed by atoms with van der Waals surface area (Å²) < 4.78 is 0. The number of nitrogens with zero attached hydrogens (tertiary/aromatic N) is 1. The molecule has 1 heterocycles. The number of aliphatic hydroxyl groups is 1. The van der Waals surface area contributed by atoms with Crippen molar-refractivity contribution in [2.24, 2.45) is 11.3 Å². The molecule has 2 fully saturated rings. The van der Waals surface area contributed by atoms with Crippen LogP contribution in [0.15, 0.2) is 0 Å². The van der Waals surface area contributed by atoms with Crippen LogP contribution in [-0.4, -0.2) is 46.7 Å². The van der Waals surface area contributed by atoms with Crippen molar-refractivity contribution in [1.29, 1.82) is 0 Å². The molecule has 5 heteroatoms. The van der Waals surface area contributed by atoms with Crippen molar-refractivity contribution < 1.29 is 19.8 Å². The molecule has 0 radical (unpaired) electrons. The molecule has 0 spiro atoms. The number of carboxylic acids is 1. The van der Waals surface area contributed by atoms with Crippen LogP contribution in [0.4, 0.5) is 0 Å². The van der Waals surface area contributed by atoms with E-state index in [1.165, 1.54) is 0 Å². The first-order valence-corrected chi connectivity index (χ1v) is 7.69. The van der Waals surface area contributed by atoms with Gasteiger partial charge < -0.3 is 15.1 Å². The third kappa shape index (κ3) is 3.32. The molecule has 0 bridgehead atoms. The maximum Gasteiger partial charge on any atom is 0.310 e. The van der Waals surface area contributed by atoms with E-state index in [2.05, 4.69) is 0 Å². The van der Waals surface area contributed by atoms with Crippen LogP contribution in [-0.2, 0) is 9.59 Å². The second-order valence-corrected chi connectivity index (χ2v) is 6.33.